The Morgan fingerprint density at radius 2 is 1.83 bits per heavy atom. The smallest absolute Gasteiger partial charge is 0.0917 e. The summed E-state index contributed by atoms with van der Waals surface area (Å²) >= 11 is 0. The number of aryl methyl sites for hydroxylation is 2. The second-order valence-electron chi connectivity index (χ2n) is 4.90. The molecule has 1 atom stereocenters. The molecule has 1 aromatic rings. The van der Waals surface area contributed by atoms with Crippen molar-refractivity contribution in [1.82, 2.24) is 4.90 Å². The molecule has 0 aliphatic heterocycles. The zero-order chi connectivity index (χ0) is 13.5. The van der Waals surface area contributed by atoms with Crippen molar-refractivity contribution in [3.63, 3.8) is 0 Å². The molecule has 0 saturated carbocycles. The zero-order valence-corrected chi connectivity index (χ0v) is 11.9. The summed E-state index contributed by atoms with van der Waals surface area (Å²) < 4.78 is 5.31. The van der Waals surface area contributed by atoms with Crippen LogP contribution in [0.25, 0.3) is 0 Å². The minimum absolute atomic E-state index is 0.435. The Hall–Kier alpha value is -0.900. The van der Waals surface area contributed by atoms with Gasteiger partial charge in [0.2, 0.25) is 0 Å². The number of likely N-dealkylation sites (N-methyl/N-ethyl adjacent to an activating group) is 1. The standard InChI is InChI=1S/C15H25NO2/c1-5-18-7-6-16(4)11-15(17)14-9-12(2)8-13(3)10-14/h8-10,15,17H,5-7,11H2,1-4H3. The molecule has 0 aromatic heterocycles. The Balaban J connectivity index is 2.50. The molecule has 1 aromatic carbocycles. The van der Waals surface area contributed by atoms with Gasteiger partial charge in [0.25, 0.3) is 0 Å². The summed E-state index contributed by atoms with van der Waals surface area (Å²) in [6.45, 7) is 9.04. The fourth-order valence-corrected chi connectivity index (χ4v) is 2.06. The molecule has 0 radical (unpaired) electrons. The minimum Gasteiger partial charge on any atom is -0.387 e. The van der Waals surface area contributed by atoms with Crippen molar-refractivity contribution in [3.05, 3.63) is 34.9 Å². The van der Waals surface area contributed by atoms with Gasteiger partial charge in [0.15, 0.2) is 0 Å². The van der Waals surface area contributed by atoms with Gasteiger partial charge in [0, 0.05) is 19.7 Å². The lowest BCUT2D eigenvalue weighted by Crippen LogP contribution is -2.28. The molecule has 0 spiro atoms. The number of rotatable bonds is 7. The number of ether oxygens (including phenoxy) is 1. The van der Waals surface area contributed by atoms with E-state index in [0.717, 1.165) is 18.7 Å². The van der Waals surface area contributed by atoms with E-state index in [1.807, 2.05) is 26.1 Å². The summed E-state index contributed by atoms with van der Waals surface area (Å²) in [5, 5.41) is 10.2. The molecule has 18 heavy (non-hydrogen) atoms. The monoisotopic (exact) mass is 251 g/mol. The molecule has 0 heterocycles. The summed E-state index contributed by atoms with van der Waals surface area (Å²) in [6.07, 6.45) is -0.435. The summed E-state index contributed by atoms with van der Waals surface area (Å²) in [6, 6.07) is 6.22. The van der Waals surface area contributed by atoms with Crippen LogP contribution in [-0.2, 0) is 4.74 Å². The van der Waals surface area contributed by atoms with E-state index < -0.39 is 6.10 Å². The van der Waals surface area contributed by atoms with Crippen molar-refractivity contribution in [2.75, 3.05) is 33.4 Å². The quantitative estimate of drug-likeness (QED) is 0.755. The molecule has 3 heteroatoms. The lowest BCUT2D eigenvalue weighted by Gasteiger charge is -2.21. The second kappa shape index (κ2) is 7.52. The summed E-state index contributed by atoms with van der Waals surface area (Å²) in [4.78, 5) is 2.10. The maximum Gasteiger partial charge on any atom is 0.0917 e. The molecular formula is C15H25NO2. The number of aliphatic hydroxyl groups is 1. The van der Waals surface area contributed by atoms with Crippen molar-refractivity contribution in [1.29, 1.82) is 0 Å². The number of nitrogens with zero attached hydrogens (tertiary/aromatic N) is 1. The molecule has 0 aliphatic carbocycles. The van der Waals surface area contributed by atoms with E-state index in [2.05, 4.69) is 24.8 Å². The van der Waals surface area contributed by atoms with Gasteiger partial charge in [0.1, 0.15) is 0 Å². The van der Waals surface area contributed by atoms with Gasteiger partial charge >= 0.3 is 0 Å². The SMILES string of the molecule is CCOCCN(C)CC(O)c1cc(C)cc(C)c1. The van der Waals surface area contributed by atoms with E-state index in [9.17, 15) is 5.11 Å². The van der Waals surface area contributed by atoms with E-state index >= 15 is 0 Å². The van der Waals surface area contributed by atoms with Crippen LogP contribution in [0.4, 0.5) is 0 Å². The lowest BCUT2D eigenvalue weighted by atomic mass is 10.0. The molecule has 0 saturated heterocycles. The first-order chi connectivity index (χ1) is 8.52. The highest BCUT2D eigenvalue weighted by Gasteiger charge is 2.11. The van der Waals surface area contributed by atoms with Gasteiger partial charge in [-0.3, -0.25) is 0 Å². The van der Waals surface area contributed by atoms with Crippen molar-refractivity contribution >= 4 is 0 Å². The third kappa shape index (κ3) is 5.17. The Bertz CT molecular complexity index is 345. The van der Waals surface area contributed by atoms with Gasteiger partial charge in [-0.25, -0.2) is 0 Å². The van der Waals surface area contributed by atoms with Crippen LogP contribution in [0.3, 0.4) is 0 Å². The van der Waals surface area contributed by atoms with Crippen LogP contribution >= 0.6 is 0 Å². The second-order valence-corrected chi connectivity index (χ2v) is 4.90. The van der Waals surface area contributed by atoms with Crippen LogP contribution in [0.1, 0.15) is 29.7 Å². The number of hydrogen-bond acceptors (Lipinski definition) is 3. The van der Waals surface area contributed by atoms with E-state index in [-0.39, 0.29) is 0 Å². The average Bonchev–Trinajstić information content (AvgIpc) is 2.28. The van der Waals surface area contributed by atoms with Crippen molar-refractivity contribution in [3.8, 4) is 0 Å². The largest absolute Gasteiger partial charge is 0.387 e. The first-order valence-corrected chi connectivity index (χ1v) is 6.55. The topological polar surface area (TPSA) is 32.7 Å². The first kappa shape index (κ1) is 15.2. The molecule has 3 nitrogen and oxygen atoms in total. The summed E-state index contributed by atoms with van der Waals surface area (Å²) in [7, 11) is 2.00. The lowest BCUT2D eigenvalue weighted by molar-refractivity contribution is 0.0890. The molecule has 0 aliphatic rings. The maximum absolute atomic E-state index is 10.2. The zero-order valence-electron chi connectivity index (χ0n) is 11.9. The third-order valence-corrected chi connectivity index (χ3v) is 2.93. The highest BCUT2D eigenvalue weighted by molar-refractivity contribution is 5.30. The van der Waals surface area contributed by atoms with E-state index in [1.54, 1.807) is 0 Å². The molecule has 0 bridgehead atoms. The molecular weight excluding hydrogens is 226 g/mol. The summed E-state index contributed by atoms with van der Waals surface area (Å²) in [5.41, 5.74) is 3.39. The fourth-order valence-electron chi connectivity index (χ4n) is 2.06. The average molecular weight is 251 g/mol. The van der Waals surface area contributed by atoms with Crippen LogP contribution in [-0.4, -0.2) is 43.4 Å². The van der Waals surface area contributed by atoms with Gasteiger partial charge in [-0.2, -0.15) is 0 Å². The minimum atomic E-state index is -0.435. The molecule has 0 amide bonds. The molecule has 1 N–H and O–H groups in total. The molecule has 102 valence electrons. The fraction of sp³-hybridized carbons (Fsp3) is 0.600. The van der Waals surface area contributed by atoms with Gasteiger partial charge in [-0.15, -0.1) is 0 Å². The Labute approximate surface area is 110 Å². The highest BCUT2D eigenvalue weighted by Crippen LogP contribution is 2.17. The Morgan fingerprint density at radius 3 is 2.39 bits per heavy atom. The maximum atomic E-state index is 10.2. The molecule has 0 fully saturated rings. The van der Waals surface area contributed by atoms with Crippen LogP contribution < -0.4 is 0 Å². The van der Waals surface area contributed by atoms with Crippen molar-refractivity contribution in [2.24, 2.45) is 0 Å². The van der Waals surface area contributed by atoms with Crippen molar-refractivity contribution in [2.45, 2.75) is 26.9 Å². The first-order valence-electron chi connectivity index (χ1n) is 6.55. The van der Waals surface area contributed by atoms with Gasteiger partial charge in [-0.1, -0.05) is 29.3 Å². The normalized spacial score (nSPS) is 13.0. The predicted molar refractivity (Wildman–Crippen MR) is 74.9 cm³/mol. The Morgan fingerprint density at radius 1 is 1.22 bits per heavy atom. The molecule has 1 rings (SSSR count). The van der Waals surface area contributed by atoms with Gasteiger partial charge < -0.3 is 14.7 Å². The number of aliphatic hydroxyl groups excluding tert-OH is 1. The third-order valence-electron chi connectivity index (χ3n) is 2.93. The van der Waals surface area contributed by atoms with Crippen molar-refractivity contribution < 1.29 is 9.84 Å². The van der Waals surface area contributed by atoms with E-state index in [1.165, 1.54) is 11.1 Å². The predicted octanol–water partition coefficient (Wildman–Crippen LogP) is 2.31. The highest BCUT2D eigenvalue weighted by atomic mass is 16.5. The number of benzene rings is 1. The Kier molecular flexibility index (Phi) is 6.33. The van der Waals surface area contributed by atoms with Crippen LogP contribution in [0.15, 0.2) is 18.2 Å². The summed E-state index contributed by atoms with van der Waals surface area (Å²) in [5.74, 6) is 0. The van der Waals surface area contributed by atoms with Crippen LogP contribution in [0.5, 0.6) is 0 Å². The molecule has 1 unspecified atom stereocenters. The van der Waals surface area contributed by atoms with E-state index in [4.69, 9.17) is 4.74 Å². The number of hydrogen-bond donors (Lipinski definition) is 1. The van der Waals surface area contributed by atoms with Crippen LogP contribution in [0, 0.1) is 13.8 Å². The van der Waals surface area contributed by atoms with Crippen LogP contribution in [0.2, 0.25) is 0 Å². The van der Waals surface area contributed by atoms with E-state index in [0.29, 0.717) is 13.2 Å². The van der Waals surface area contributed by atoms with Gasteiger partial charge in [0.05, 0.1) is 12.7 Å². The van der Waals surface area contributed by atoms with Gasteiger partial charge in [-0.05, 0) is 33.4 Å².